The molecule has 128 valence electrons. The van der Waals surface area contributed by atoms with E-state index >= 15 is 0 Å². The van der Waals surface area contributed by atoms with Crippen LogP contribution >= 0.6 is 0 Å². The van der Waals surface area contributed by atoms with Crippen LogP contribution in [-0.2, 0) is 9.31 Å². The van der Waals surface area contributed by atoms with Crippen LogP contribution < -0.4 is 5.19 Å². The normalized spacial score (nSPS) is 20.8. The summed E-state index contributed by atoms with van der Waals surface area (Å²) >= 11 is 0. The first-order valence-corrected chi connectivity index (χ1v) is 12.0. The Morgan fingerprint density at radius 3 is 1.74 bits per heavy atom. The monoisotopic (exact) mass is 332 g/mol. The van der Waals surface area contributed by atoms with E-state index in [0.717, 1.165) is 12.8 Å². The van der Waals surface area contributed by atoms with Gasteiger partial charge in [0.15, 0.2) is 0 Å². The van der Waals surface area contributed by atoms with Gasteiger partial charge in [-0.15, -0.1) is 0 Å². The van der Waals surface area contributed by atoms with E-state index in [-0.39, 0.29) is 23.3 Å². The second-order valence-corrected chi connectivity index (χ2v) is 13.3. The Hall–Kier alpha value is -0.578. The zero-order valence-corrected chi connectivity index (χ0v) is 17.2. The Morgan fingerprint density at radius 1 is 0.913 bits per heavy atom. The summed E-state index contributed by atoms with van der Waals surface area (Å²) in [5.41, 5.74) is -0.539. The van der Waals surface area contributed by atoms with Crippen molar-refractivity contribution in [3.05, 3.63) is 30.3 Å². The molecule has 4 heteroatoms. The van der Waals surface area contributed by atoms with Crippen molar-refractivity contribution < 1.29 is 9.31 Å². The maximum atomic E-state index is 6.53. The van der Waals surface area contributed by atoms with Crippen molar-refractivity contribution in [2.75, 3.05) is 0 Å². The first-order chi connectivity index (χ1) is 10.5. The molecule has 0 amide bonds. The van der Waals surface area contributed by atoms with Gasteiger partial charge < -0.3 is 9.31 Å². The molecule has 1 aromatic rings. The summed E-state index contributed by atoms with van der Waals surface area (Å²) in [6.45, 7) is 18.2. The third-order valence-corrected chi connectivity index (χ3v) is 11.9. The Labute approximate surface area is 144 Å². The van der Waals surface area contributed by atoms with E-state index in [9.17, 15) is 0 Å². The van der Waals surface area contributed by atoms with E-state index in [4.69, 9.17) is 9.31 Å². The molecule has 0 aliphatic carbocycles. The van der Waals surface area contributed by atoms with Gasteiger partial charge in [-0.25, -0.2) is 0 Å². The SMILES string of the molecule is CCC(CC)(B1OC(C)(C)C(C)(C)O1)[Si](C)(C)c1ccccc1. The molecular formula is C19H33BO2Si. The molecule has 0 radical (unpaired) electrons. The van der Waals surface area contributed by atoms with Crippen LogP contribution in [0, 0.1) is 0 Å². The Bertz CT molecular complexity index is 520. The van der Waals surface area contributed by atoms with Gasteiger partial charge in [-0.05, 0) is 27.7 Å². The van der Waals surface area contributed by atoms with Gasteiger partial charge in [0, 0.05) is 4.94 Å². The maximum absolute atomic E-state index is 6.53. The van der Waals surface area contributed by atoms with E-state index in [2.05, 4.69) is 85.0 Å². The largest absolute Gasteiger partial charge is 0.461 e. The lowest BCUT2D eigenvalue weighted by molar-refractivity contribution is 0.00578. The molecule has 0 atom stereocenters. The first kappa shape index (κ1) is 18.8. The van der Waals surface area contributed by atoms with Crippen molar-refractivity contribution in [3.8, 4) is 0 Å². The molecule has 2 nitrogen and oxygen atoms in total. The molecular weight excluding hydrogens is 299 g/mol. The highest BCUT2D eigenvalue weighted by atomic mass is 28.3. The summed E-state index contributed by atoms with van der Waals surface area (Å²) in [4.78, 5) is 0.0688. The van der Waals surface area contributed by atoms with Crippen molar-refractivity contribution >= 4 is 20.4 Å². The molecule has 0 bridgehead atoms. The lowest BCUT2D eigenvalue weighted by Gasteiger charge is -2.46. The van der Waals surface area contributed by atoms with Crippen LogP contribution in [0.4, 0.5) is 0 Å². The molecule has 1 fully saturated rings. The van der Waals surface area contributed by atoms with Crippen LogP contribution in [0.3, 0.4) is 0 Å². The van der Waals surface area contributed by atoms with Crippen LogP contribution in [0.5, 0.6) is 0 Å². The Balaban J connectivity index is 2.49. The fourth-order valence-corrected chi connectivity index (χ4v) is 8.05. The summed E-state index contributed by atoms with van der Waals surface area (Å²) in [6, 6.07) is 11.0. The molecule has 0 spiro atoms. The van der Waals surface area contributed by atoms with Crippen molar-refractivity contribution in [2.45, 2.75) is 83.6 Å². The second kappa shape index (κ2) is 6.05. The average Bonchev–Trinajstić information content (AvgIpc) is 2.70. The van der Waals surface area contributed by atoms with Gasteiger partial charge in [-0.2, -0.15) is 0 Å². The van der Waals surface area contributed by atoms with E-state index in [1.165, 1.54) is 5.19 Å². The van der Waals surface area contributed by atoms with E-state index in [0.29, 0.717) is 0 Å². The number of rotatable bonds is 5. The van der Waals surface area contributed by atoms with Crippen molar-refractivity contribution in [3.63, 3.8) is 0 Å². The van der Waals surface area contributed by atoms with E-state index in [1.807, 2.05) is 0 Å². The molecule has 0 N–H and O–H groups in total. The molecule has 1 aromatic carbocycles. The van der Waals surface area contributed by atoms with E-state index < -0.39 is 8.07 Å². The van der Waals surface area contributed by atoms with Crippen LogP contribution in [0.15, 0.2) is 30.3 Å². The van der Waals surface area contributed by atoms with Gasteiger partial charge in [-0.1, -0.05) is 75.3 Å². The smallest absolute Gasteiger partial charge is 0.403 e. The third kappa shape index (κ3) is 2.83. The highest BCUT2D eigenvalue weighted by Gasteiger charge is 2.63. The van der Waals surface area contributed by atoms with Crippen molar-refractivity contribution in [2.24, 2.45) is 0 Å². The minimum absolute atomic E-state index is 0.0688. The van der Waals surface area contributed by atoms with Gasteiger partial charge in [0.25, 0.3) is 0 Å². The molecule has 1 aliphatic rings. The fourth-order valence-electron chi connectivity index (χ4n) is 3.97. The Morgan fingerprint density at radius 2 is 1.35 bits per heavy atom. The molecule has 23 heavy (non-hydrogen) atoms. The lowest BCUT2D eigenvalue weighted by atomic mass is 9.67. The lowest BCUT2D eigenvalue weighted by Crippen LogP contribution is -2.59. The standard InChI is InChI=1S/C19H33BO2Si/c1-9-19(10-2,20-21-17(3,4)18(5,6)22-20)23(7,8)16-14-12-11-13-15-16/h11-15H,9-10H2,1-8H3. The van der Waals surface area contributed by atoms with Gasteiger partial charge >= 0.3 is 7.12 Å². The fraction of sp³-hybridized carbons (Fsp3) is 0.684. The van der Waals surface area contributed by atoms with Gasteiger partial charge in [0.1, 0.15) is 0 Å². The summed E-state index contributed by atoms with van der Waals surface area (Å²) in [6.07, 6.45) is 2.16. The van der Waals surface area contributed by atoms with Crippen LogP contribution in [0.2, 0.25) is 18.0 Å². The quantitative estimate of drug-likeness (QED) is 0.722. The number of benzene rings is 1. The van der Waals surface area contributed by atoms with Crippen LogP contribution in [0.25, 0.3) is 0 Å². The number of hydrogen-bond acceptors (Lipinski definition) is 2. The molecule has 0 saturated carbocycles. The summed E-state index contributed by atoms with van der Waals surface area (Å²) < 4.78 is 13.1. The molecule has 1 heterocycles. The molecule has 0 unspecified atom stereocenters. The van der Waals surface area contributed by atoms with Gasteiger partial charge in [0.2, 0.25) is 0 Å². The van der Waals surface area contributed by atoms with Gasteiger partial charge in [0.05, 0.1) is 19.3 Å². The Kier molecular flexibility index (Phi) is 4.94. The summed E-state index contributed by atoms with van der Waals surface area (Å²) in [5.74, 6) is 0. The minimum atomic E-state index is -1.80. The zero-order valence-electron chi connectivity index (χ0n) is 16.2. The second-order valence-electron chi connectivity index (χ2n) is 8.44. The van der Waals surface area contributed by atoms with Crippen LogP contribution in [0.1, 0.15) is 54.4 Å². The summed E-state index contributed by atoms with van der Waals surface area (Å²) in [7, 11) is -1.93. The topological polar surface area (TPSA) is 18.5 Å². The summed E-state index contributed by atoms with van der Waals surface area (Å²) in [5, 5.41) is 1.48. The maximum Gasteiger partial charge on any atom is 0.461 e. The highest BCUT2D eigenvalue weighted by Crippen LogP contribution is 2.53. The predicted octanol–water partition coefficient (Wildman–Crippen LogP) is 4.79. The number of hydrogen-bond donors (Lipinski definition) is 0. The molecule has 2 rings (SSSR count). The van der Waals surface area contributed by atoms with Crippen molar-refractivity contribution in [1.29, 1.82) is 0 Å². The highest BCUT2D eigenvalue weighted by molar-refractivity contribution is 6.99. The van der Waals surface area contributed by atoms with E-state index in [1.54, 1.807) is 0 Å². The minimum Gasteiger partial charge on any atom is -0.403 e. The molecule has 1 saturated heterocycles. The predicted molar refractivity (Wildman–Crippen MR) is 103 cm³/mol. The van der Waals surface area contributed by atoms with Crippen molar-refractivity contribution in [1.82, 2.24) is 0 Å². The first-order valence-electron chi connectivity index (χ1n) is 8.95. The van der Waals surface area contributed by atoms with Crippen LogP contribution in [-0.4, -0.2) is 26.4 Å². The molecule has 0 aromatic heterocycles. The van der Waals surface area contributed by atoms with Gasteiger partial charge in [-0.3, -0.25) is 0 Å². The zero-order chi connectivity index (χ0) is 17.5. The molecule has 1 aliphatic heterocycles. The third-order valence-electron chi connectivity index (χ3n) is 6.71. The average molecular weight is 332 g/mol.